The molecule has 0 spiro atoms. The number of esters is 1. The van der Waals surface area contributed by atoms with Crippen LogP contribution in [0.25, 0.3) is 0 Å². The van der Waals surface area contributed by atoms with E-state index in [0.29, 0.717) is 10.6 Å². The molecule has 3 rings (SSSR count). The Bertz CT molecular complexity index is 900. The minimum absolute atomic E-state index is 0.123. The Kier molecular flexibility index (Phi) is 4.62. The van der Waals surface area contributed by atoms with Crippen LogP contribution in [0.3, 0.4) is 0 Å². The van der Waals surface area contributed by atoms with Crippen molar-refractivity contribution in [2.45, 2.75) is 28.5 Å². The summed E-state index contributed by atoms with van der Waals surface area (Å²) in [6.45, 7) is 1.77. The van der Waals surface area contributed by atoms with Crippen LogP contribution in [0.5, 0.6) is 0 Å². The Labute approximate surface area is 151 Å². The van der Waals surface area contributed by atoms with E-state index in [1.54, 1.807) is 49.4 Å². The minimum atomic E-state index is -3.82. The second kappa shape index (κ2) is 6.44. The van der Waals surface area contributed by atoms with Crippen molar-refractivity contribution in [2.24, 2.45) is 5.73 Å². The number of carbonyl (C=O) groups is 1. The first kappa shape index (κ1) is 17.9. The molecule has 2 N–H and O–H groups in total. The number of hydrogen-bond acceptors (Lipinski definition) is 5. The number of rotatable bonds is 5. The standard InChI is InChI=1S/C18H18ClNO4S/c1-2-24-17(21)18(20)15(12-7-6-8-13(19)11-12)16(18)25(22,23)14-9-4-3-5-10-14/h3-11,15-16H,2,20H2,1H3. The van der Waals surface area contributed by atoms with Gasteiger partial charge < -0.3 is 10.5 Å². The number of carbonyl (C=O) groups excluding carboxylic acids is 1. The van der Waals surface area contributed by atoms with Crippen molar-refractivity contribution in [1.29, 1.82) is 0 Å². The maximum absolute atomic E-state index is 13.1. The second-order valence-corrected chi connectivity index (χ2v) is 8.47. The van der Waals surface area contributed by atoms with Gasteiger partial charge in [-0.1, -0.05) is 41.9 Å². The largest absolute Gasteiger partial charge is 0.465 e. The fourth-order valence-electron chi connectivity index (χ4n) is 3.22. The van der Waals surface area contributed by atoms with Crippen LogP contribution in [-0.4, -0.2) is 31.8 Å². The molecule has 0 bridgehead atoms. The smallest absolute Gasteiger partial charge is 0.328 e. The Morgan fingerprint density at radius 3 is 2.48 bits per heavy atom. The lowest BCUT2D eigenvalue weighted by Crippen LogP contribution is -2.41. The highest BCUT2D eigenvalue weighted by Gasteiger charge is 2.74. The number of benzene rings is 2. The highest BCUT2D eigenvalue weighted by atomic mass is 35.5. The summed E-state index contributed by atoms with van der Waals surface area (Å²) in [4.78, 5) is 12.6. The van der Waals surface area contributed by atoms with Crippen molar-refractivity contribution in [3.05, 3.63) is 65.2 Å². The topological polar surface area (TPSA) is 86.5 Å². The summed E-state index contributed by atoms with van der Waals surface area (Å²) in [6.07, 6.45) is 0. The summed E-state index contributed by atoms with van der Waals surface area (Å²) in [5.41, 5.74) is 5.25. The normalized spacial score (nSPS) is 25.4. The van der Waals surface area contributed by atoms with Crippen molar-refractivity contribution in [3.63, 3.8) is 0 Å². The van der Waals surface area contributed by atoms with Gasteiger partial charge >= 0.3 is 5.97 Å². The lowest BCUT2D eigenvalue weighted by Gasteiger charge is -2.11. The summed E-state index contributed by atoms with van der Waals surface area (Å²) >= 11 is 6.02. The quantitative estimate of drug-likeness (QED) is 0.807. The molecule has 0 aromatic heterocycles. The third-order valence-corrected chi connectivity index (χ3v) is 6.92. The molecule has 0 saturated heterocycles. The molecule has 3 atom stereocenters. The zero-order valence-electron chi connectivity index (χ0n) is 13.6. The van der Waals surface area contributed by atoms with Crippen LogP contribution < -0.4 is 5.73 Å². The Hall–Kier alpha value is -1.89. The molecule has 3 unspecified atom stereocenters. The monoisotopic (exact) mass is 379 g/mol. The number of hydrogen-bond donors (Lipinski definition) is 1. The van der Waals surface area contributed by atoms with Gasteiger partial charge in [-0.05, 0) is 36.8 Å². The highest BCUT2D eigenvalue weighted by Crippen LogP contribution is 2.56. The maximum atomic E-state index is 13.1. The third-order valence-electron chi connectivity index (χ3n) is 4.42. The van der Waals surface area contributed by atoms with Crippen molar-refractivity contribution in [2.75, 3.05) is 6.61 Å². The maximum Gasteiger partial charge on any atom is 0.328 e. The lowest BCUT2D eigenvalue weighted by atomic mass is 10.1. The SMILES string of the molecule is CCOC(=O)C1(N)C(c2cccc(Cl)c2)C1S(=O)(=O)c1ccccc1. The van der Waals surface area contributed by atoms with Gasteiger partial charge in [-0.3, -0.25) is 0 Å². The summed E-state index contributed by atoms with van der Waals surface area (Å²) in [6, 6.07) is 14.7. The molecule has 132 valence electrons. The summed E-state index contributed by atoms with van der Waals surface area (Å²) in [5, 5.41) is -0.647. The predicted octanol–water partition coefficient (Wildman–Crippen LogP) is 2.54. The average molecular weight is 380 g/mol. The van der Waals surface area contributed by atoms with Crippen molar-refractivity contribution in [3.8, 4) is 0 Å². The number of sulfone groups is 1. The van der Waals surface area contributed by atoms with E-state index in [1.807, 2.05) is 0 Å². The van der Waals surface area contributed by atoms with E-state index in [9.17, 15) is 13.2 Å². The molecule has 2 aromatic rings. The molecule has 1 saturated carbocycles. The molecule has 1 aliphatic carbocycles. The molecule has 2 aromatic carbocycles. The summed E-state index contributed by atoms with van der Waals surface area (Å²) < 4.78 is 31.2. The first-order valence-electron chi connectivity index (χ1n) is 7.84. The fraction of sp³-hybridized carbons (Fsp3) is 0.278. The minimum Gasteiger partial charge on any atom is -0.465 e. The first-order valence-corrected chi connectivity index (χ1v) is 9.76. The zero-order chi connectivity index (χ0) is 18.2. The van der Waals surface area contributed by atoms with Gasteiger partial charge in [0, 0.05) is 10.9 Å². The van der Waals surface area contributed by atoms with Gasteiger partial charge in [0.05, 0.1) is 11.5 Å². The average Bonchev–Trinajstić information content (AvgIpc) is 3.24. The Morgan fingerprint density at radius 1 is 1.20 bits per heavy atom. The molecule has 0 radical (unpaired) electrons. The van der Waals surface area contributed by atoms with E-state index in [-0.39, 0.29) is 11.5 Å². The Morgan fingerprint density at radius 2 is 1.88 bits per heavy atom. The molecule has 25 heavy (non-hydrogen) atoms. The van der Waals surface area contributed by atoms with Crippen molar-refractivity contribution in [1.82, 2.24) is 0 Å². The van der Waals surface area contributed by atoms with E-state index in [1.165, 1.54) is 12.1 Å². The molecular weight excluding hydrogens is 362 g/mol. The van der Waals surface area contributed by atoms with Crippen LogP contribution in [0.1, 0.15) is 18.4 Å². The number of ether oxygens (including phenoxy) is 1. The van der Waals surface area contributed by atoms with Crippen LogP contribution in [0, 0.1) is 0 Å². The molecule has 1 aliphatic rings. The van der Waals surface area contributed by atoms with Crippen molar-refractivity contribution < 1.29 is 17.9 Å². The van der Waals surface area contributed by atoms with Crippen LogP contribution in [0.15, 0.2) is 59.5 Å². The molecule has 7 heteroatoms. The fourth-order valence-corrected chi connectivity index (χ4v) is 5.66. The van der Waals surface area contributed by atoms with Gasteiger partial charge in [0.25, 0.3) is 0 Å². The van der Waals surface area contributed by atoms with Gasteiger partial charge in [0.15, 0.2) is 9.84 Å². The van der Waals surface area contributed by atoms with E-state index in [4.69, 9.17) is 22.1 Å². The van der Waals surface area contributed by atoms with Crippen LogP contribution >= 0.6 is 11.6 Å². The number of nitrogens with two attached hydrogens (primary N) is 1. The van der Waals surface area contributed by atoms with Crippen LogP contribution in [0.2, 0.25) is 5.02 Å². The highest BCUT2D eigenvalue weighted by molar-refractivity contribution is 7.92. The first-order chi connectivity index (χ1) is 11.8. The van der Waals surface area contributed by atoms with Gasteiger partial charge in [-0.15, -0.1) is 0 Å². The Balaban J connectivity index is 2.08. The second-order valence-electron chi connectivity index (χ2n) is 5.96. The molecule has 5 nitrogen and oxygen atoms in total. The molecule has 0 aliphatic heterocycles. The molecule has 1 fully saturated rings. The van der Waals surface area contributed by atoms with Gasteiger partial charge in [0.2, 0.25) is 0 Å². The van der Waals surface area contributed by atoms with E-state index >= 15 is 0 Å². The van der Waals surface area contributed by atoms with Gasteiger partial charge in [-0.25, -0.2) is 13.2 Å². The van der Waals surface area contributed by atoms with E-state index < -0.39 is 32.5 Å². The van der Waals surface area contributed by atoms with Gasteiger partial charge in [-0.2, -0.15) is 0 Å². The summed E-state index contributed by atoms with van der Waals surface area (Å²) in [7, 11) is -3.82. The number of halogens is 1. The van der Waals surface area contributed by atoms with Crippen molar-refractivity contribution >= 4 is 27.4 Å². The third kappa shape index (κ3) is 2.94. The van der Waals surface area contributed by atoms with Crippen LogP contribution in [-0.2, 0) is 19.4 Å². The van der Waals surface area contributed by atoms with Gasteiger partial charge in [0.1, 0.15) is 10.8 Å². The predicted molar refractivity (Wildman–Crippen MR) is 95.2 cm³/mol. The molecule has 0 amide bonds. The lowest BCUT2D eigenvalue weighted by molar-refractivity contribution is -0.145. The van der Waals surface area contributed by atoms with E-state index in [2.05, 4.69) is 0 Å². The van der Waals surface area contributed by atoms with E-state index in [0.717, 1.165) is 0 Å². The molecule has 0 heterocycles. The summed E-state index contributed by atoms with van der Waals surface area (Å²) in [5.74, 6) is -1.43. The van der Waals surface area contributed by atoms with Crippen LogP contribution in [0.4, 0.5) is 0 Å². The molecular formula is C18H18ClNO4S. The zero-order valence-corrected chi connectivity index (χ0v) is 15.1.